The van der Waals surface area contributed by atoms with Crippen molar-refractivity contribution in [2.75, 3.05) is 0 Å². The predicted molar refractivity (Wildman–Crippen MR) is 82.2 cm³/mol. The summed E-state index contributed by atoms with van der Waals surface area (Å²) in [5, 5.41) is 0. The Morgan fingerprint density at radius 1 is 1.05 bits per heavy atom. The average Bonchev–Trinajstić information content (AvgIpc) is 2.39. The van der Waals surface area contributed by atoms with Crippen LogP contribution in [0, 0.1) is 0 Å². The van der Waals surface area contributed by atoms with Crippen molar-refractivity contribution in [1.82, 2.24) is 0 Å². The fourth-order valence-corrected chi connectivity index (χ4v) is 2.31. The van der Waals surface area contributed by atoms with Crippen molar-refractivity contribution < 1.29 is 4.74 Å². The lowest BCUT2D eigenvalue weighted by Crippen LogP contribution is -2.10. The van der Waals surface area contributed by atoms with Crippen LogP contribution in [0.15, 0.2) is 53.0 Å². The van der Waals surface area contributed by atoms with Crippen molar-refractivity contribution in [1.29, 1.82) is 0 Å². The lowest BCUT2D eigenvalue weighted by Gasteiger charge is -2.19. The summed E-state index contributed by atoms with van der Waals surface area (Å²) in [5.41, 5.74) is 8.15. The molecule has 3 heteroatoms. The van der Waals surface area contributed by atoms with E-state index in [-0.39, 0.29) is 12.1 Å². The van der Waals surface area contributed by atoms with E-state index in [9.17, 15) is 0 Å². The highest BCUT2D eigenvalue weighted by Crippen LogP contribution is 2.31. The molecule has 2 atom stereocenters. The van der Waals surface area contributed by atoms with Gasteiger partial charge in [0.2, 0.25) is 0 Å². The summed E-state index contributed by atoms with van der Waals surface area (Å²) in [6.07, 6.45) is -0.00648. The zero-order valence-electron chi connectivity index (χ0n) is 11.1. The maximum Gasteiger partial charge on any atom is 0.126 e. The van der Waals surface area contributed by atoms with E-state index in [0.29, 0.717) is 0 Å². The zero-order chi connectivity index (χ0) is 13.8. The van der Waals surface area contributed by atoms with Crippen LogP contribution in [-0.4, -0.2) is 0 Å². The first kappa shape index (κ1) is 14.1. The summed E-state index contributed by atoms with van der Waals surface area (Å²) in [7, 11) is 0. The number of rotatable bonds is 4. The van der Waals surface area contributed by atoms with Crippen LogP contribution in [-0.2, 0) is 0 Å². The second kappa shape index (κ2) is 6.22. The van der Waals surface area contributed by atoms with Gasteiger partial charge in [-0.2, -0.15) is 0 Å². The molecule has 0 spiro atoms. The molecule has 0 saturated carbocycles. The Morgan fingerprint density at radius 2 is 1.74 bits per heavy atom. The van der Waals surface area contributed by atoms with Gasteiger partial charge < -0.3 is 10.5 Å². The summed E-state index contributed by atoms with van der Waals surface area (Å²) in [4.78, 5) is 0. The fourth-order valence-electron chi connectivity index (χ4n) is 1.97. The van der Waals surface area contributed by atoms with Gasteiger partial charge in [-0.05, 0) is 31.5 Å². The summed E-state index contributed by atoms with van der Waals surface area (Å²) in [5.74, 6) is 0.834. The van der Waals surface area contributed by atoms with Gasteiger partial charge in [0, 0.05) is 16.1 Å². The smallest absolute Gasteiger partial charge is 0.126 e. The van der Waals surface area contributed by atoms with Gasteiger partial charge in [-0.3, -0.25) is 0 Å². The van der Waals surface area contributed by atoms with Gasteiger partial charge in [0.05, 0.1) is 0 Å². The van der Waals surface area contributed by atoms with E-state index in [1.165, 1.54) is 0 Å². The molecular weight excluding hydrogens is 302 g/mol. The quantitative estimate of drug-likeness (QED) is 0.893. The molecule has 0 saturated heterocycles. The van der Waals surface area contributed by atoms with Crippen molar-refractivity contribution in [3.05, 3.63) is 64.1 Å². The maximum absolute atomic E-state index is 6.06. The lowest BCUT2D eigenvalue weighted by atomic mass is 10.1. The Hall–Kier alpha value is -1.32. The highest BCUT2D eigenvalue weighted by molar-refractivity contribution is 9.10. The van der Waals surface area contributed by atoms with E-state index in [1.54, 1.807) is 0 Å². The first-order chi connectivity index (χ1) is 9.08. The molecule has 19 heavy (non-hydrogen) atoms. The normalized spacial score (nSPS) is 13.9. The molecule has 0 aliphatic heterocycles. The number of nitrogens with two attached hydrogens (primary N) is 1. The standard InChI is InChI=1S/C16H18BrNO/c1-11(18)15-9-8-14(17)10-16(15)19-12(2)13-6-4-3-5-7-13/h3-12H,18H2,1-2H3/t11-,12?/m0/s1. The van der Waals surface area contributed by atoms with Gasteiger partial charge in [-0.15, -0.1) is 0 Å². The van der Waals surface area contributed by atoms with Gasteiger partial charge >= 0.3 is 0 Å². The molecule has 2 nitrogen and oxygen atoms in total. The van der Waals surface area contributed by atoms with Crippen LogP contribution in [0.25, 0.3) is 0 Å². The topological polar surface area (TPSA) is 35.2 Å². The molecule has 100 valence electrons. The summed E-state index contributed by atoms with van der Waals surface area (Å²) >= 11 is 3.47. The third-order valence-electron chi connectivity index (χ3n) is 3.04. The first-order valence-corrected chi connectivity index (χ1v) is 7.14. The highest BCUT2D eigenvalue weighted by atomic mass is 79.9. The van der Waals surface area contributed by atoms with Crippen molar-refractivity contribution in [3.8, 4) is 5.75 Å². The van der Waals surface area contributed by atoms with E-state index < -0.39 is 0 Å². The van der Waals surface area contributed by atoms with Crippen molar-refractivity contribution in [2.24, 2.45) is 5.73 Å². The van der Waals surface area contributed by atoms with Gasteiger partial charge in [-0.1, -0.05) is 52.3 Å². The number of ether oxygens (including phenoxy) is 1. The molecule has 2 aromatic rings. The van der Waals surface area contributed by atoms with Crippen LogP contribution in [0.1, 0.15) is 37.1 Å². The molecule has 0 heterocycles. The summed E-state index contributed by atoms with van der Waals surface area (Å²) < 4.78 is 7.06. The minimum Gasteiger partial charge on any atom is -0.486 e. The number of hydrogen-bond donors (Lipinski definition) is 1. The van der Waals surface area contributed by atoms with Gasteiger partial charge in [0.1, 0.15) is 11.9 Å². The van der Waals surface area contributed by atoms with Crippen LogP contribution in [0.3, 0.4) is 0 Å². The Labute approximate surface area is 122 Å². The first-order valence-electron chi connectivity index (χ1n) is 6.34. The molecule has 0 aromatic heterocycles. The molecule has 2 rings (SSSR count). The maximum atomic E-state index is 6.06. The molecule has 2 N–H and O–H groups in total. The molecule has 0 aliphatic carbocycles. The van der Waals surface area contributed by atoms with Crippen LogP contribution < -0.4 is 10.5 Å². The third kappa shape index (κ3) is 3.58. The monoisotopic (exact) mass is 319 g/mol. The van der Waals surface area contributed by atoms with Crippen molar-refractivity contribution in [3.63, 3.8) is 0 Å². The number of halogens is 1. The van der Waals surface area contributed by atoms with E-state index in [2.05, 4.69) is 28.1 Å². The Balaban J connectivity index is 2.25. The summed E-state index contributed by atoms with van der Waals surface area (Å²) in [6.45, 7) is 4.00. The zero-order valence-corrected chi connectivity index (χ0v) is 12.7. The molecule has 0 radical (unpaired) electrons. The van der Waals surface area contributed by atoms with Crippen molar-refractivity contribution >= 4 is 15.9 Å². The van der Waals surface area contributed by atoms with Crippen LogP contribution in [0.5, 0.6) is 5.75 Å². The minimum atomic E-state index is -0.0499. The average molecular weight is 320 g/mol. The van der Waals surface area contributed by atoms with E-state index in [0.717, 1.165) is 21.3 Å². The van der Waals surface area contributed by atoms with E-state index >= 15 is 0 Å². The fraction of sp³-hybridized carbons (Fsp3) is 0.250. The van der Waals surface area contributed by atoms with Crippen LogP contribution in [0.4, 0.5) is 0 Å². The molecule has 0 amide bonds. The lowest BCUT2D eigenvalue weighted by molar-refractivity contribution is 0.223. The second-order valence-corrected chi connectivity index (χ2v) is 5.56. The molecule has 0 fully saturated rings. The van der Waals surface area contributed by atoms with Crippen LogP contribution in [0.2, 0.25) is 0 Å². The largest absolute Gasteiger partial charge is 0.486 e. The third-order valence-corrected chi connectivity index (χ3v) is 3.53. The predicted octanol–water partition coefficient (Wildman–Crippen LogP) is 4.61. The number of benzene rings is 2. The van der Waals surface area contributed by atoms with Gasteiger partial charge in [0.25, 0.3) is 0 Å². The number of hydrogen-bond acceptors (Lipinski definition) is 2. The van der Waals surface area contributed by atoms with E-state index in [4.69, 9.17) is 10.5 Å². The second-order valence-electron chi connectivity index (χ2n) is 4.64. The van der Waals surface area contributed by atoms with E-state index in [1.807, 2.05) is 50.2 Å². The SMILES string of the molecule is CC(Oc1cc(Br)ccc1[C@H](C)N)c1ccccc1. The van der Waals surface area contributed by atoms with Gasteiger partial charge in [0.15, 0.2) is 0 Å². The molecule has 0 bridgehead atoms. The molecular formula is C16H18BrNO. The molecule has 2 aromatic carbocycles. The Kier molecular flexibility index (Phi) is 4.61. The molecule has 1 unspecified atom stereocenters. The minimum absolute atomic E-state index is 0.00648. The Bertz CT molecular complexity index is 540. The highest BCUT2D eigenvalue weighted by Gasteiger charge is 2.13. The van der Waals surface area contributed by atoms with Crippen LogP contribution >= 0.6 is 15.9 Å². The van der Waals surface area contributed by atoms with Gasteiger partial charge in [-0.25, -0.2) is 0 Å². The molecule has 0 aliphatic rings. The Morgan fingerprint density at radius 3 is 2.37 bits per heavy atom. The van der Waals surface area contributed by atoms with Crippen molar-refractivity contribution in [2.45, 2.75) is 26.0 Å². The summed E-state index contributed by atoms with van der Waals surface area (Å²) in [6, 6.07) is 16.1.